The van der Waals surface area contributed by atoms with Crippen molar-refractivity contribution in [3.05, 3.63) is 39.6 Å². The molecule has 0 N–H and O–H groups in total. The molecule has 0 radical (unpaired) electrons. The van der Waals surface area contributed by atoms with E-state index in [1.165, 1.54) is 0 Å². The van der Waals surface area contributed by atoms with Crippen molar-refractivity contribution in [2.75, 3.05) is 0 Å². The predicted octanol–water partition coefficient (Wildman–Crippen LogP) is 5.40. The molecule has 1 unspecified atom stereocenters. The number of azide groups is 1. The van der Waals surface area contributed by atoms with Crippen LogP contribution >= 0.6 is 11.6 Å². The molecule has 0 spiro atoms. The fraction of sp³-hybridized carbons (Fsp3) is 0.556. The van der Waals surface area contributed by atoms with Crippen molar-refractivity contribution in [3.63, 3.8) is 0 Å². The van der Waals surface area contributed by atoms with Crippen LogP contribution in [0.25, 0.3) is 21.2 Å². The molecule has 1 atom stereocenters. The minimum atomic E-state index is -0.631. The first-order valence-corrected chi connectivity index (χ1v) is 9.06. The Kier molecular flexibility index (Phi) is 3.97. The fourth-order valence-corrected chi connectivity index (χ4v) is 3.92. The van der Waals surface area contributed by atoms with Gasteiger partial charge in [-0.3, -0.25) is 0 Å². The van der Waals surface area contributed by atoms with Crippen molar-refractivity contribution in [2.24, 2.45) is 17.0 Å². The molecule has 130 valence electrons. The van der Waals surface area contributed by atoms with Crippen LogP contribution in [0.5, 0.6) is 5.88 Å². The molecule has 4 rings (SSSR count). The normalized spacial score (nSPS) is 24.9. The third kappa shape index (κ3) is 2.90. The summed E-state index contributed by atoms with van der Waals surface area (Å²) in [6.45, 7) is 4.19. The van der Waals surface area contributed by atoms with Crippen molar-refractivity contribution in [1.82, 2.24) is 9.97 Å². The van der Waals surface area contributed by atoms with Crippen LogP contribution in [-0.4, -0.2) is 16.1 Å². The molecule has 2 aromatic heterocycles. The molecule has 2 aliphatic carbocycles. The highest BCUT2D eigenvalue weighted by atomic mass is 35.5. The quantitative estimate of drug-likeness (QED) is 0.311. The SMILES string of the molecule is CC1CC(Oc2ncc(C(C)(N=[N+]=[N-])C3CC3)c3cc(Cl)ncc23)C1. The van der Waals surface area contributed by atoms with Gasteiger partial charge in [-0.05, 0) is 67.0 Å². The van der Waals surface area contributed by atoms with Gasteiger partial charge in [0.15, 0.2) is 0 Å². The molecular weight excluding hydrogens is 338 g/mol. The van der Waals surface area contributed by atoms with E-state index in [0.717, 1.165) is 42.0 Å². The van der Waals surface area contributed by atoms with Crippen molar-refractivity contribution >= 4 is 22.4 Å². The molecule has 0 saturated heterocycles. The lowest BCUT2D eigenvalue weighted by Crippen LogP contribution is -2.32. The zero-order valence-corrected chi connectivity index (χ0v) is 15.1. The number of pyridine rings is 2. The van der Waals surface area contributed by atoms with Crippen molar-refractivity contribution < 1.29 is 4.74 Å². The van der Waals surface area contributed by atoms with Crippen LogP contribution in [0, 0.1) is 11.8 Å². The maximum atomic E-state index is 9.08. The van der Waals surface area contributed by atoms with Gasteiger partial charge in [-0.15, -0.1) is 0 Å². The van der Waals surface area contributed by atoms with Crippen molar-refractivity contribution in [1.29, 1.82) is 0 Å². The highest BCUT2D eigenvalue weighted by Gasteiger charge is 2.43. The molecule has 25 heavy (non-hydrogen) atoms. The highest BCUT2D eigenvalue weighted by molar-refractivity contribution is 6.30. The van der Waals surface area contributed by atoms with E-state index in [1.54, 1.807) is 12.4 Å². The molecule has 0 aromatic carbocycles. The molecule has 0 bridgehead atoms. The molecule has 7 heteroatoms. The van der Waals surface area contributed by atoms with Gasteiger partial charge in [0.25, 0.3) is 0 Å². The Labute approximate surface area is 151 Å². The zero-order chi connectivity index (χ0) is 17.6. The summed E-state index contributed by atoms with van der Waals surface area (Å²) < 4.78 is 6.08. The Morgan fingerprint density at radius 2 is 2.04 bits per heavy atom. The second-order valence-corrected chi connectivity index (χ2v) is 7.84. The first-order chi connectivity index (χ1) is 12.0. The highest BCUT2D eigenvalue weighted by Crippen LogP contribution is 2.50. The standard InChI is InChI=1S/C18H20ClN5O/c1-10-5-12(6-10)25-17-14-8-21-16(19)7-13(14)15(9-22-17)18(2,23-24-20)11-3-4-11/h7-12H,3-6H2,1-2H3. The smallest absolute Gasteiger partial charge is 0.223 e. The Hall–Kier alpha value is -2.04. The maximum absolute atomic E-state index is 9.08. The van der Waals surface area contributed by atoms with Crippen molar-refractivity contribution in [3.8, 4) is 5.88 Å². The average Bonchev–Trinajstić information content (AvgIpc) is 3.38. The Morgan fingerprint density at radius 1 is 1.28 bits per heavy atom. The van der Waals surface area contributed by atoms with Gasteiger partial charge in [0.2, 0.25) is 5.88 Å². The summed E-state index contributed by atoms with van der Waals surface area (Å²) in [6, 6.07) is 1.82. The average molecular weight is 358 g/mol. The van der Waals surface area contributed by atoms with E-state index in [9.17, 15) is 0 Å². The molecule has 2 aliphatic rings. The van der Waals surface area contributed by atoms with Gasteiger partial charge >= 0.3 is 0 Å². The molecule has 0 aliphatic heterocycles. The number of aromatic nitrogens is 2. The first-order valence-electron chi connectivity index (χ1n) is 8.69. The minimum absolute atomic E-state index is 0.208. The summed E-state index contributed by atoms with van der Waals surface area (Å²) >= 11 is 6.15. The summed E-state index contributed by atoms with van der Waals surface area (Å²) in [4.78, 5) is 11.9. The second-order valence-electron chi connectivity index (χ2n) is 7.46. The Morgan fingerprint density at radius 3 is 2.68 bits per heavy atom. The van der Waals surface area contributed by atoms with Crippen LogP contribution in [0.3, 0.4) is 0 Å². The van der Waals surface area contributed by atoms with Crippen LogP contribution in [0.1, 0.15) is 45.1 Å². The number of nitrogens with zero attached hydrogens (tertiary/aromatic N) is 5. The molecule has 2 heterocycles. The van der Waals surface area contributed by atoms with Crippen LogP contribution in [-0.2, 0) is 5.54 Å². The molecule has 2 fully saturated rings. The van der Waals surface area contributed by atoms with Gasteiger partial charge < -0.3 is 4.74 Å². The van der Waals surface area contributed by atoms with Crippen LogP contribution in [0.2, 0.25) is 5.15 Å². The second kappa shape index (κ2) is 6.04. The molecular formula is C18H20ClN5O. The van der Waals surface area contributed by atoms with Gasteiger partial charge in [-0.25, -0.2) is 9.97 Å². The first kappa shape index (κ1) is 16.4. The van der Waals surface area contributed by atoms with Gasteiger partial charge in [0.05, 0.1) is 10.9 Å². The number of hydrogen-bond acceptors (Lipinski definition) is 4. The zero-order valence-electron chi connectivity index (χ0n) is 14.3. The lowest BCUT2D eigenvalue weighted by Gasteiger charge is -2.33. The number of hydrogen-bond donors (Lipinski definition) is 0. The van der Waals surface area contributed by atoms with Gasteiger partial charge in [0.1, 0.15) is 11.3 Å². The molecule has 2 saturated carbocycles. The summed E-state index contributed by atoms with van der Waals surface area (Å²) in [7, 11) is 0. The van der Waals surface area contributed by atoms with E-state index < -0.39 is 5.54 Å². The summed E-state index contributed by atoms with van der Waals surface area (Å²) in [5.41, 5.74) is 9.34. The van der Waals surface area contributed by atoms with Crippen molar-refractivity contribution in [2.45, 2.75) is 51.2 Å². The third-order valence-corrected chi connectivity index (χ3v) is 5.69. The minimum Gasteiger partial charge on any atom is -0.474 e. The summed E-state index contributed by atoms with van der Waals surface area (Å²) in [5, 5.41) is 6.26. The topological polar surface area (TPSA) is 83.8 Å². The van der Waals surface area contributed by atoms with Crippen LogP contribution in [0.4, 0.5) is 0 Å². The number of ether oxygens (including phenoxy) is 1. The van der Waals surface area contributed by atoms with E-state index in [0.29, 0.717) is 22.9 Å². The number of halogens is 1. The maximum Gasteiger partial charge on any atom is 0.223 e. The number of fused-ring (bicyclic) bond motifs is 1. The predicted molar refractivity (Wildman–Crippen MR) is 96.6 cm³/mol. The van der Waals surface area contributed by atoms with E-state index in [1.807, 2.05) is 13.0 Å². The van der Waals surface area contributed by atoms with Gasteiger partial charge in [-0.2, -0.15) is 0 Å². The van der Waals surface area contributed by atoms with E-state index in [-0.39, 0.29) is 6.10 Å². The largest absolute Gasteiger partial charge is 0.474 e. The molecule has 0 amide bonds. The Balaban J connectivity index is 1.83. The molecule has 2 aromatic rings. The number of rotatable bonds is 5. The van der Waals surface area contributed by atoms with Crippen LogP contribution < -0.4 is 4.74 Å². The van der Waals surface area contributed by atoms with Crippen LogP contribution in [0.15, 0.2) is 23.6 Å². The van der Waals surface area contributed by atoms with E-state index in [4.69, 9.17) is 21.9 Å². The lowest BCUT2D eigenvalue weighted by atomic mass is 9.84. The van der Waals surface area contributed by atoms with Gasteiger partial charge in [0, 0.05) is 17.3 Å². The molecule has 6 nitrogen and oxygen atoms in total. The van der Waals surface area contributed by atoms with Gasteiger partial charge in [-0.1, -0.05) is 23.6 Å². The lowest BCUT2D eigenvalue weighted by molar-refractivity contribution is 0.0711. The summed E-state index contributed by atoms with van der Waals surface area (Å²) in [5.74, 6) is 1.62. The van der Waals surface area contributed by atoms with E-state index in [2.05, 4.69) is 26.9 Å². The summed E-state index contributed by atoms with van der Waals surface area (Å²) in [6.07, 6.45) is 7.88. The van der Waals surface area contributed by atoms with E-state index >= 15 is 0 Å². The Bertz CT molecular complexity index is 871. The monoisotopic (exact) mass is 357 g/mol. The third-order valence-electron chi connectivity index (χ3n) is 5.48. The fourth-order valence-electron chi connectivity index (χ4n) is 3.76.